The molecule has 1 N–H and O–H groups in total. The van der Waals surface area contributed by atoms with Crippen molar-refractivity contribution in [2.75, 3.05) is 0 Å². The third kappa shape index (κ3) is 2.84. The Kier molecular flexibility index (Phi) is 5.72. The van der Waals surface area contributed by atoms with E-state index < -0.39 is 30.7 Å². The number of halogens is 6. The van der Waals surface area contributed by atoms with Crippen molar-refractivity contribution in [2.45, 2.75) is 19.3 Å². The maximum atomic E-state index is 11.8. The third-order valence-electron chi connectivity index (χ3n) is 1.56. The quantitative estimate of drug-likeness (QED) is 0.566. The fourth-order valence-electron chi connectivity index (χ4n) is 0.403. The summed E-state index contributed by atoms with van der Waals surface area (Å²) in [4.78, 5) is 9.87. The molecule has 0 aromatic carbocycles. The van der Waals surface area contributed by atoms with Crippen LogP contribution in [0.5, 0.6) is 0 Å². The first-order valence-corrected chi connectivity index (χ1v) is 2.81. The number of carboxylic acid groups (broad SMARTS) is 1. The van der Waals surface area contributed by atoms with Gasteiger partial charge in [0, 0.05) is 0 Å². The van der Waals surface area contributed by atoms with Crippen LogP contribution in [-0.2, 0) is 4.79 Å². The number of rotatable bonds is 1. The van der Waals surface area contributed by atoms with Crippen LogP contribution >= 0.6 is 0 Å². The number of alkyl halides is 6. The van der Waals surface area contributed by atoms with Gasteiger partial charge in [-0.25, -0.2) is 0 Å². The van der Waals surface area contributed by atoms with Gasteiger partial charge in [0.1, 0.15) is 0 Å². The number of aliphatic carboxylic acids is 1. The normalized spacial score (nSPS) is 13.4. The summed E-state index contributed by atoms with van der Waals surface area (Å²) < 4.78 is 70.5. The molecule has 0 aromatic rings. The Hall–Kier alpha value is 0.686. The van der Waals surface area contributed by atoms with E-state index in [0.29, 0.717) is 0 Å². The number of hydrogen-bond donors (Lipinski definition) is 1. The molecule has 0 aliphatic rings. The summed E-state index contributed by atoms with van der Waals surface area (Å²) in [7, 11) is 0. The summed E-state index contributed by atoms with van der Waals surface area (Å²) in [6, 6.07) is 0. The van der Waals surface area contributed by atoms with Gasteiger partial charge in [-0.1, -0.05) is 0 Å². The van der Waals surface area contributed by atoms with Gasteiger partial charge in [-0.3, -0.25) is 4.79 Å². The molecule has 0 saturated heterocycles. The van der Waals surface area contributed by atoms with E-state index in [1.54, 1.807) is 0 Å². The molecule has 0 atom stereocenters. The van der Waals surface area contributed by atoms with E-state index in [-0.39, 0.29) is 51.4 Å². The van der Waals surface area contributed by atoms with Gasteiger partial charge in [0.25, 0.3) is 5.41 Å². The summed E-state index contributed by atoms with van der Waals surface area (Å²) in [6.07, 6.45) is -11.7. The predicted molar refractivity (Wildman–Crippen MR) is 35.0 cm³/mol. The average Bonchev–Trinajstić information content (AvgIpc) is 1.80. The number of hydrogen-bond acceptors (Lipinski definition) is 1. The Labute approximate surface area is 117 Å². The van der Waals surface area contributed by atoms with E-state index in [2.05, 4.69) is 0 Å². The van der Waals surface area contributed by atoms with Crippen LogP contribution in [0, 0.1) is 5.41 Å². The van der Waals surface area contributed by atoms with Crippen molar-refractivity contribution in [3.63, 3.8) is 0 Å². The molecular weight excluding hydrogens is 245 g/mol. The second-order valence-electron chi connectivity index (χ2n) is 2.43. The molecule has 0 aliphatic carbocycles. The van der Waals surface area contributed by atoms with Crippen molar-refractivity contribution in [1.82, 2.24) is 0 Å². The molecule has 14 heavy (non-hydrogen) atoms. The van der Waals surface area contributed by atoms with E-state index in [0.717, 1.165) is 0 Å². The first-order valence-electron chi connectivity index (χ1n) is 2.81. The van der Waals surface area contributed by atoms with Gasteiger partial charge in [-0.2, -0.15) is 26.3 Å². The van der Waals surface area contributed by atoms with Crippen molar-refractivity contribution in [1.29, 1.82) is 0 Å². The van der Waals surface area contributed by atoms with Crippen LogP contribution in [0.3, 0.4) is 0 Å². The summed E-state index contributed by atoms with van der Waals surface area (Å²) >= 11 is 0. The van der Waals surface area contributed by atoms with Crippen molar-refractivity contribution in [2.24, 2.45) is 5.41 Å². The molecular formula is C5H5F6KO2. The van der Waals surface area contributed by atoms with Crippen LogP contribution < -0.4 is 0 Å². The Balaban J connectivity index is 0. The molecule has 0 amide bonds. The predicted octanol–water partition coefficient (Wildman–Crippen LogP) is 1.55. The molecule has 0 saturated carbocycles. The molecule has 0 rings (SSSR count). The molecule has 0 bridgehead atoms. The fraction of sp³-hybridized carbons (Fsp3) is 0.800. The Morgan fingerprint density at radius 3 is 1.21 bits per heavy atom. The SMILES string of the molecule is CC(C(=O)O)(C(F)(F)F)C(F)(F)F.[KH]. The van der Waals surface area contributed by atoms with Gasteiger partial charge in [0.15, 0.2) is 0 Å². The van der Waals surface area contributed by atoms with Gasteiger partial charge < -0.3 is 5.11 Å². The van der Waals surface area contributed by atoms with E-state index in [4.69, 9.17) is 5.11 Å². The zero-order valence-electron chi connectivity index (χ0n) is 6.12. The molecule has 0 fully saturated rings. The van der Waals surface area contributed by atoms with E-state index in [9.17, 15) is 31.1 Å². The van der Waals surface area contributed by atoms with Crippen LogP contribution in [0.15, 0.2) is 0 Å². The standard InChI is InChI=1S/C5H4F6O2.K.H/c1-3(2(12)13,4(6,7)8)5(9,10)11;;/h1H3,(H,12,13);;. The molecule has 0 radical (unpaired) electrons. The second kappa shape index (κ2) is 4.68. The van der Waals surface area contributed by atoms with Crippen LogP contribution in [0.2, 0.25) is 0 Å². The van der Waals surface area contributed by atoms with Gasteiger partial charge in [-0.15, -0.1) is 0 Å². The summed E-state index contributed by atoms with van der Waals surface area (Å²) in [5, 5.41) is 7.86. The second-order valence-corrected chi connectivity index (χ2v) is 2.43. The zero-order chi connectivity index (χ0) is 11.1. The Morgan fingerprint density at radius 2 is 1.21 bits per heavy atom. The number of carboxylic acids is 1. The van der Waals surface area contributed by atoms with Gasteiger partial charge >= 0.3 is 69.7 Å². The minimum atomic E-state index is -5.86. The van der Waals surface area contributed by atoms with E-state index in [1.165, 1.54) is 0 Å². The van der Waals surface area contributed by atoms with Crippen molar-refractivity contribution >= 4 is 57.4 Å². The Bertz CT molecular complexity index is 205. The molecule has 9 heteroatoms. The van der Waals surface area contributed by atoms with Gasteiger partial charge in [0.2, 0.25) is 0 Å². The van der Waals surface area contributed by atoms with Crippen LogP contribution in [-0.4, -0.2) is 74.8 Å². The maximum absolute atomic E-state index is 11.8. The van der Waals surface area contributed by atoms with Crippen LogP contribution in [0.25, 0.3) is 0 Å². The molecule has 0 unspecified atom stereocenters. The van der Waals surface area contributed by atoms with Crippen molar-refractivity contribution in [3.8, 4) is 0 Å². The van der Waals surface area contributed by atoms with Gasteiger partial charge in [0.05, 0.1) is 0 Å². The van der Waals surface area contributed by atoms with Crippen molar-refractivity contribution in [3.05, 3.63) is 0 Å². The molecule has 0 aromatic heterocycles. The first-order chi connectivity index (χ1) is 5.44. The molecule has 0 heterocycles. The van der Waals surface area contributed by atoms with Crippen molar-refractivity contribution < 1.29 is 36.2 Å². The van der Waals surface area contributed by atoms with Crippen LogP contribution in [0.1, 0.15) is 6.92 Å². The third-order valence-corrected chi connectivity index (χ3v) is 1.56. The summed E-state index contributed by atoms with van der Waals surface area (Å²) in [5.74, 6) is -2.97. The molecule has 0 aliphatic heterocycles. The monoisotopic (exact) mass is 250 g/mol. The van der Waals surface area contributed by atoms with Crippen LogP contribution in [0.4, 0.5) is 26.3 Å². The first kappa shape index (κ1) is 17.1. The minimum absolute atomic E-state index is 0. The number of carbonyl (C=O) groups is 1. The zero-order valence-corrected chi connectivity index (χ0v) is 6.12. The molecule has 2 nitrogen and oxygen atoms in total. The topological polar surface area (TPSA) is 37.3 Å². The summed E-state index contributed by atoms with van der Waals surface area (Å²) in [5.41, 5.74) is -4.71. The van der Waals surface area contributed by atoms with E-state index >= 15 is 0 Å². The molecule has 80 valence electrons. The van der Waals surface area contributed by atoms with E-state index in [1.807, 2.05) is 0 Å². The Morgan fingerprint density at radius 1 is 1.00 bits per heavy atom. The summed E-state index contributed by atoms with van der Waals surface area (Å²) in [6.45, 7) is -0.421. The molecule has 0 spiro atoms. The fourth-order valence-corrected chi connectivity index (χ4v) is 0.403. The van der Waals surface area contributed by atoms with Gasteiger partial charge in [-0.05, 0) is 6.92 Å². The average molecular weight is 250 g/mol.